The summed E-state index contributed by atoms with van der Waals surface area (Å²) in [7, 11) is 0. The number of carboxylic acids is 1. The van der Waals surface area contributed by atoms with Gasteiger partial charge in [-0.05, 0) is 5.56 Å². The molecule has 4 nitrogen and oxygen atoms in total. The molecular weight excluding hydrogens is 242 g/mol. The zero-order chi connectivity index (χ0) is 13.2. The predicted octanol–water partition coefficient (Wildman–Crippen LogP) is 2.33. The summed E-state index contributed by atoms with van der Waals surface area (Å²) in [6, 6.07) is 8.04. The molecule has 0 saturated carbocycles. The predicted molar refractivity (Wildman–Crippen MR) is 71.1 cm³/mol. The second kappa shape index (κ2) is 4.72. The zero-order valence-corrected chi connectivity index (χ0v) is 10.2. The van der Waals surface area contributed by atoms with Gasteiger partial charge < -0.3 is 9.94 Å². The largest absolute Gasteiger partial charge is 0.479 e. The molecule has 1 N–H and O–H groups in total. The molecule has 2 aliphatic carbocycles. The fourth-order valence-electron chi connectivity index (χ4n) is 2.63. The van der Waals surface area contributed by atoms with Crippen molar-refractivity contribution < 1.29 is 14.7 Å². The first-order valence-corrected chi connectivity index (χ1v) is 6.13. The first-order chi connectivity index (χ1) is 9.27. The van der Waals surface area contributed by atoms with Gasteiger partial charge in [0.15, 0.2) is 0 Å². The van der Waals surface area contributed by atoms with Crippen molar-refractivity contribution in [2.24, 2.45) is 11.1 Å². The van der Waals surface area contributed by atoms with E-state index in [0.717, 1.165) is 11.3 Å². The topological polar surface area (TPSA) is 58.9 Å². The van der Waals surface area contributed by atoms with Crippen molar-refractivity contribution in [2.45, 2.75) is 5.92 Å². The SMILES string of the molecule is O=C(O)CO/N=C1\c2ccccc2[C@H]2C=CC=C[C@@H]12. The zero-order valence-electron chi connectivity index (χ0n) is 10.2. The standard InChI is InChI=1S/C15H13NO3/c17-14(18)9-19-16-15-12-7-3-1-5-10(12)11-6-2-4-8-13(11)15/h1-8,10,12H,9H2,(H,17,18)/b16-15-/t10-,12-/m1/s1. The summed E-state index contributed by atoms with van der Waals surface area (Å²) >= 11 is 0. The van der Waals surface area contributed by atoms with Crippen LogP contribution in [0.3, 0.4) is 0 Å². The van der Waals surface area contributed by atoms with Gasteiger partial charge in [-0.3, -0.25) is 0 Å². The third-order valence-corrected chi connectivity index (χ3v) is 3.40. The fourth-order valence-corrected chi connectivity index (χ4v) is 2.63. The molecule has 1 aromatic rings. The van der Waals surface area contributed by atoms with E-state index in [1.807, 2.05) is 30.4 Å². The smallest absolute Gasteiger partial charge is 0.344 e. The number of fused-ring (bicyclic) bond motifs is 3. The van der Waals surface area contributed by atoms with Crippen LogP contribution in [0.1, 0.15) is 17.0 Å². The molecule has 0 fully saturated rings. The van der Waals surface area contributed by atoms with E-state index in [9.17, 15) is 4.79 Å². The molecule has 2 aliphatic rings. The number of allylic oxidation sites excluding steroid dienone is 4. The lowest BCUT2D eigenvalue weighted by atomic mass is 9.88. The Labute approximate surface area is 110 Å². The quantitative estimate of drug-likeness (QED) is 0.843. The maximum Gasteiger partial charge on any atom is 0.344 e. The Kier molecular flexibility index (Phi) is 2.91. The van der Waals surface area contributed by atoms with E-state index in [-0.39, 0.29) is 11.8 Å². The van der Waals surface area contributed by atoms with Crippen molar-refractivity contribution in [3.63, 3.8) is 0 Å². The maximum absolute atomic E-state index is 10.5. The van der Waals surface area contributed by atoms with Crippen molar-refractivity contribution in [1.29, 1.82) is 0 Å². The number of carboxylic acid groups (broad SMARTS) is 1. The first kappa shape index (κ1) is 11.7. The van der Waals surface area contributed by atoms with Gasteiger partial charge in [0.25, 0.3) is 0 Å². The molecule has 0 heterocycles. The monoisotopic (exact) mass is 255 g/mol. The Morgan fingerprint density at radius 2 is 1.95 bits per heavy atom. The van der Waals surface area contributed by atoms with Crippen molar-refractivity contribution in [1.82, 2.24) is 0 Å². The Hall–Kier alpha value is -2.36. The van der Waals surface area contributed by atoms with Crippen LogP contribution in [0.15, 0.2) is 53.7 Å². The molecule has 19 heavy (non-hydrogen) atoms. The van der Waals surface area contributed by atoms with E-state index in [4.69, 9.17) is 9.94 Å². The van der Waals surface area contributed by atoms with E-state index < -0.39 is 12.6 Å². The third-order valence-electron chi connectivity index (χ3n) is 3.40. The molecule has 3 rings (SSSR count). The lowest BCUT2D eigenvalue weighted by Gasteiger charge is -2.15. The van der Waals surface area contributed by atoms with Gasteiger partial charge in [0.05, 0.1) is 5.71 Å². The number of carbonyl (C=O) groups is 1. The van der Waals surface area contributed by atoms with Gasteiger partial charge in [-0.2, -0.15) is 0 Å². The van der Waals surface area contributed by atoms with Crippen LogP contribution in [0.5, 0.6) is 0 Å². The molecule has 0 aliphatic heterocycles. The Morgan fingerprint density at radius 3 is 2.74 bits per heavy atom. The summed E-state index contributed by atoms with van der Waals surface area (Å²) in [5.41, 5.74) is 3.06. The molecule has 4 heteroatoms. The average Bonchev–Trinajstić information content (AvgIpc) is 2.74. The first-order valence-electron chi connectivity index (χ1n) is 6.13. The minimum Gasteiger partial charge on any atom is -0.479 e. The molecule has 1 aromatic carbocycles. The minimum atomic E-state index is -1.02. The lowest BCUT2D eigenvalue weighted by molar-refractivity contribution is -0.142. The van der Waals surface area contributed by atoms with Crippen LogP contribution < -0.4 is 0 Å². The highest BCUT2D eigenvalue weighted by Gasteiger charge is 2.36. The highest BCUT2D eigenvalue weighted by molar-refractivity contribution is 6.08. The maximum atomic E-state index is 10.5. The van der Waals surface area contributed by atoms with Gasteiger partial charge in [0, 0.05) is 17.4 Å². The van der Waals surface area contributed by atoms with Gasteiger partial charge in [0.1, 0.15) is 0 Å². The number of nitrogens with zero attached hydrogens (tertiary/aromatic N) is 1. The Balaban J connectivity index is 1.97. The van der Waals surface area contributed by atoms with Crippen molar-refractivity contribution in [3.8, 4) is 0 Å². The summed E-state index contributed by atoms with van der Waals surface area (Å²) in [4.78, 5) is 15.4. The summed E-state index contributed by atoms with van der Waals surface area (Å²) in [6.07, 6.45) is 8.23. The van der Waals surface area contributed by atoms with Gasteiger partial charge in [-0.25, -0.2) is 4.79 Å². The Bertz CT molecular complexity index is 601. The van der Waals surface area contributed by atoms with Crippen molar-refractivity contribution >= 4 is 11.7 Å². The summed E-state index contributed by atoms with van der Waals surface area (Å²) < 4.78 is 0. The highest BCUT2D eigenvalue weighted by Crippen LogP contribution is 2.41. The third kappa shape index (κ3) is 2.05. The molecule has 0 bridgehead atoms. The van der Waals surface area contributed by atoms with Gasteiger partial charge in [0.2, 0.25) is 6.61 Å². The number of aliphatic carboxylic acids is 1. The van der Waals surface area contributed by atoms with Crippen LogP contribution >= 0.6 is 0 Å². The van der Waals surface area contributed by atoms with Gasteiger partial charge in [-0.1, -0.05) is 53.7 Å². The number of hydrogen-bond acceptors (Lipinski definition) is 3. The van der Waals surface area contributed by atoms with Crippen molar-refractivity contribution in [3.05, 3.63) is 59.7 Å². The van der Waals surface area contributed by atoms with Crippen LogP contribution in [0, 0.1) is 5.92 Å². The van der Waals surface area contributed by atoms with Crippen molar-refractivity contribution in [2.75, 3.05) is 6.61 Å². The minimum absolute atomic E-state index is 0.135. The van der Waals surface area contributed by atoms with Crippen LogP contribution in [-0.2, 0) is 9.63 Å². The highest BCUT2D eigenvalue weighted by atomic mass is 16.6. The Morgan fingerprint density at radius 1 is 1.21 bits per heavy atom. The molecule has 0 radical (unpaired) electrons. The van der Waals surface area contributed by atoms with Gasteiger partial charge >= 0.3 is 5.97 Å². The van der Waals surface area contributed by atoms with Crippen LogP contribution in [0.4, 0.5) is 0 Å². The van der Waals surface area contributed by atoms with Crippen LogP contribution in [0.2, 0.25) is 0 Å². The van der Waals surface area contributed by atoms with Crippen LogP contribution in [0.25, 0.3) is 0 Å². The second-order valence-corrected chi connectivity index (χ2v) is 4.55. The van der Waals surface area contributed by atoms with E-state index in [1.54, 1.807) is 0 Å². The molecular formula is C15H13NO3. The lowest BCUT2D eigenvalue weighted by Crippen LogP contribution is -2.14. The number of rotatable bonds is 3. The number of benzene rings is 1. The average molecular weight is 255 g/mol. The fraction of sp³-hybridized carbons (Fsp3) is 0.200. The summed E-state index contributed by atoms with van der Waals surface area (Å²) in [5.74, 6) is -0.615. The van der Waals surface area contributed by atoms with Gasteiger partial charge in [-0.15, -0.1) is 0 Å². The summed E-state index contributed by atoms with van der Waals surface area (Å²) in [5, 5.41) is 12.6. The van der Waals surface area contributed by atoms with E-state index in [1.165, 1.54) is 5.56 Å². The van der Waals surface area contributed by atoms with Crippen LogP contribution in [-0.4, -0.2) is 23.4 Å². The molecule has 0 amide bonds. The van der Waals surface area contributed by atoms with E-state index >= 15 is 0 Å². The van der Waals surface area contributed by atoms with E-state index in [0.29, 0.717) is 0 Å². The molecule has 0 spiro atoms. The molecule has 96 valence electrons. The number of hydrogen-bond donors (Lipinski definition) is 1. The molecule has 2 atom stereocenters. The second-order valence-electron chi connectivity index (χ2n) is 4.55. The molecule has 0 unspecified atom stereocenters. The van der Waals surface area contributed by atoms with E-state index in [2.05, 4.69) is 23.4 Å². The summed E-state index contributed by atoms with van der Waals surface area (Å²) in [6.45, 7) is -0.414. The normalized spacial score (nSPS) is 25.2. The molecule has 0 saturated heterocycles. The molecule has 0 aromatic heterocycles. The number of oxime groups is 1.